The van der Waals surface area contributed by atoms with Crippen LogP contribution in [0.5, 0.6) is 0 Å². The Morgan fingerprint density at radius 2 is 1.93 bits per heavy atom. The van der Waals surface area contributed by atoms with Gasteiger partial charge in [0, 0.05) is 30.3 Å². The maximum Gasteiger partial charge on any atom is 0.262 e. The molecule has 1 aliphatic carbocycles. The number of benzene rings is 2. The second kappa shape index (κ2) is 7.72. The van der Waals surface area contributed by atoms with E-state index in [1.165, 1.54) is 11.8 Å². The maximum atomic E-state index is 13.0. The van der Waals surface area contributed by atoms with E-state index in [0.29, 0.717) is 34.6 Å². The summed E-state index contributed by atoms with van der Waals surface area (Å²) in [5.74, 6) is 0.246. The summed E-state index contributed by atoms with van der Waals surface area (Å²) in [5, 5.41) is 1.21. The highest BCUT2D eigenvalue weighted by Crippen LogP contribution is 2.37. The van der Waals surface area contributed by atoms with Gasteiger partial charge in [-0.15, -0.1) is 0 Å². The number of Topliss-reactive ketones (excluding diaryl/α,β-unsaturated/α-hetero) is 1. The molecule has 0 radical (unpaired) electrons. The number of thioether (sulfide) groups is 1. The van der Waals surface area contributed by atoms with Gasteiger partial charge in [-0.05, 0) is 43.5 Å². The Bertz CT molecular complexity index is 1220. The third kappa shape index (κ3) is 3.54. The fourth-order valence-corrected chi connectivity index (χ4v) is 4.82. The zero-order valence-corrected chi connectivity index (χ0v) is 17.2. The Morgan fingerprint density at radius 1 is 1.10 bits per heavy atom. The summed E-state index contributed by atoms with van der Waals surface area (Å²) in [6.07, 6.45) is 3.33. The highest BCUT2D eigenvalue weighted by Gasteiger charge is 2.29. The highest BCUT2D eigenvalue weighted by atomic mass is 32.2. The van der Waals surface area contributed by atoms with E-state index in [4.69, 9.17) is 0 Å². The van der Waals surface area contributed by atoms with Crippen LogP contribution in [-0.4, -0.2) is 33.5 Å². The van der Waals surface area contributed by atoms with E-state index >= 15 is 0 Å². The van der Waals surface area contributed by atoms with Crippen molar-refractivity contribution >= 4 is 40.0 Å². The van der Waals surface area contributed by atoms with Crippen molar-refractivity contribution in [1.29, 1.82) is 0 Å². The Morgan fingerprint density at radius 3 is 2.70 bits per heavy atom. The number of ketones is 1. The molecule has 0 spiro atoms. The first-order valence-electron chi connectivity index (χ1n) is 10.2. The first-order chi connectivity index (χ1) is 14.6. The fraction of sp³-hybridized carbons (Fsp3) is 0.304. The van der Waals surface area contributed by atoms with Gasteiger partial charge in [0.2, 0.25) is 5.91 Å². The smallest absolute Gasteiger partial charge is 0.262 e. The van der Waals surface area contributed by atoms with Crippen molar-refractivity contribution < 1.29 is 9.59 Å². The monoisotopic (exact) mass is 419 g/mol. The third-order valence-corrected chi connectivity index (χ3v) is 6.53. The quantitative estimate of drug-likeness (QED) is 0.345. The minimum Gasteiger partial charge on any atom is -0.312 e. The second-order valence-electron chi connectivity index (χ2n) is 7.73. The molecular weight excluding hydrogens is 398 g/mol. The lowest BCUT2D eigenvalue weighted by Crippen LogP contribution is -2.24. The summed E-state index contributed by atoms with van der Waals surface area (Å²) >= 11 is 1.31. The van der Waals surface area contributed by atoms with Crippen molar-refractivity contribution in [2.24, 2.45) is 0 Å². The molecule has 1 saturated heterocycles. The van der Waals surface area contributed by atoms with Crippen LogP contribution in [0.3, 0.4) is 0 Å². The Labute approximate surface area is 177 Å². The van der Waals surface area contributed by atoms with Crippen LogP contribution in [0.2, 0.25) is 0 Å². The normalized spacial score (nSPS) is 16.4. The van der Waals surface area contributed by atoms with Crippen molar-refractivity contribution in [1.82, 2.24) is 9.55 Å². The molecule has 0 atom stereocenters. The SMILES string of the molecule is O=C(CSc1nc2ccccc2c(=O)n1C1CC1)c1cccc(N2CCCC2=O)c1. The second-order valence-corrected chi connectivity index (χ2v) is 8.67. The zero-order chi connectivity index (χ0) is 20.7. The largest absolute Gasteiger partial charge is 0.312 e. The van der Waals surface area contributed by atoms with Crippen LogP contribution in [0.1, 0.15) is 42.1 Å². The number of hydrogen-bond acceptors (Lipinski definition) is 5. The van der Waals surface area contributed by atoms with Crippen molar-refractivity contribution in [3.05, 3.63) is 64.4 Å². The number of aromatic nitrogens is 2. The van der Waals surface area contributed by atoms with Gasteiger partial charge in [-0.1, -0.05) is 36.0 Å². The summed E-state index contributed by atoms with van der Waals surface area (Å²) in [7, 11) is 0. The van der Waals surface area contributed by atoms with Crippen molar-refractivity contribution in [3.63, 3.8) is 0 Å². The number of nitrogens with zero attached hydrogens (tertiary/aromatic N) is 3. The standard InChI is InChI=1S/C23H21N3O3S/c27-20(15-5-3-6-17(13-15)25-12-4-9-21(25)28)14-30-23-24-19-8-2-1-7-18(19)22(29)26(23)16-10-11-16/h1-3,5-8,13,16H,4,9-12,14H2. The number of rotatable bonds is 6. The van der Waals surface area contributed by atoms with E-state index in [1.54, 1.807) is 27.7 Å². The predicted octanol–water partition coefficient (Wildman–Crippen LogP) is 3.83. The fourth-order valence-electron chi connectivity index (χ4n) is 3.86. The van der Waals surface area contributed by atoms with Gasteiger partial charge in [-0.25, -0.2) is 4.98 Å². The molecule has 0 unspecified atom stereocenters. The number of carbonyl (C=O) groups excluding carboxylic acids is 2. The third-order valence-electron chi connectivity index (χ3n) is 5.57. The van der Waals surface area contributed by atoms with Gasteiger partial charge >= 0.3 is 0 Å². The molecule has 3 aromatic rings. The minimum absolute atomic E-state index is 0.0346. The molecule has 152 valence electrons. The van der Waals surface area contributed by atoms with Crippen LogP contribution in [0.4, 0.5) is 5.69 Å². The molecule has 6 nitrogen and oxygen atoms in total. The van der Waals surface area contributed by atoms with Crippen molar-refractivity contribution in [2.75, 3.05) is 17.2 Å². The molecule has 5 rings (SSSR count). The van der Waals surface area contributed by atoms with Crippen LogP contribution in [0, 0.1) is 0 Å². The van der Waals surface area contributed by atoms with Gasteiger partial charge in [-0.2, -0.15) is 0 Å². The predicted molar refractivity (Wildman–Crippen MR) is 117 cm³/mol. The molecule has 30 heavy (non-hydrogen) atoms. The van der Waals surface area contributed by atoms with E-state index in [0.717, 1.165) is 24.9 Å². The first-order valence-corrected chi connectivity index (χ1v) is 11.2. The lowest BCUT2D eigenvalue weighted by Gasteiger charge is -2.16. The number of para-hydroxylation sites is 1. The molecule has 2 fully saturated rings. The Balaban J connectivity index is 1.39. The van der Waals surface area contributed by atoms with Gasteiger partial charge in [0.25, 0.3) is 5.56 Å². The average molecular weight is 420 g/mol. The number of anilines is 1. The Kier molecular flexibility index (Phi) is 4.90. The number of hydrogen-bond donors (Lipinski definition) is 0. The highest BCUT2D eigenvalue weighted by molar-refractivity contribution is 7.99. The Hall–Kier alpha value is -2.93. The molecule has 2 heterocycles. The molecule has 0 N–H and O–H groups in total. The topological polar surface area (TPSA) is 72.3 Å². The van der Waals surface area contributed by atoms with Crippen LogP contribution in [0.25, 0.3) is 10.9 Å². The van der Waals surface area contributed by atoms with Gasteiger partial charge < -0.3 is 4.90 Å². The van der Waals surface area contributed by atoms with Crippen molar-refractivity contribution in [2.45, 2.75) is 36.9 Å². The number of amides is 1. The lowest BCUT2D eigenvalue weighted by atomic mass is 10.1. The summed E-state index contributed by atoms with van der Waals surface area (Å²) < 4.78 is 1.75. The van der Waals surface area contributed by atoms with E-state index in [1.807, 2.05) is 30.3 Å². The summed E-state index contributed by atoms with van der Waals surface area (Å²) in [5.41, 5.74) is 1.96. The zero-order valence-electron chi connectivity index (χ0n) is 16.4. The van der Waals surface area contributed by atoms with Gasteiger partial charge in [0.15, 0.2) is 10.9 Å². The number of fused-ring (bicyclic) bond motifs is 1. The van der Waals surface area contributed by atoms with E-state index in [2.05, 4.69) is 4.98 Å². The molecule has 2 aromatic carbocycles. The van der Waals surface area contributed by atoms with Gasteiger partial charge in [0.1, 0.15) is 0 Å². The molecule has 1 amide bonds. The molecule has 1 saturated carbocycles. The lowest BCUT2D eigenvalue weighted by molar-refractivity contribution is -0.117. The van der Waals surface area contributed by atoms with Gasteiger partial charge in [-0.3, -0.25) is 19.0 Å². The number of carbonyl (C=O) groups is 2. The van der Waals surface area contributed by atoms with E-state index < -0.39 is 0 Å². The van der Waals surface area contributed by atoms with Crippen LogP contribution >= 0.6 is 11.8 Å². The van der Waals surface area contributed by atoms with Crippen LogP contribution < -0.4 is 10.5 Å². The molecule has 2 aliphatic rings. The van der Waals surface area contributed by atoms with Crippen LogP contribution in [0.15, 0.2) is 58.5 Å². The molecule has 1 aromatic heterocycles. The maximum absolute atomic E-state index is 13.0. The summed E-state index contributed by atoms with van der Waals surface area (Å²) in [6, 6.07) is 14.7. The van der Waals surface area contributed by atoms with Gasteiger partial charge in [0.05, 0.1) is 16.7 Å². The minimum atomic E-state index is -0.0433. The van der Waals surface area contributed by atoms with E-state index in [-0.39, 0.29) is 29.0 Å². The molecular formula is C23H21N3O3S. The molecule has 0 bridgehead atoms. The average Bonchev–Trinajstić information content (AvgIpc) is 3.51. The van der Waals surface area contributed by atoms with Crippen molar-refractivity contribution in [3.8, 4) is 0 Å². The first kappa shape index (κ1) is 19.1. The summed E-state index contributed by atoms with van der Waals surface area (Å²) in [6.45, 7) is 0.694. The van der Waals surface area contributed by atoms with Crippen LogP contribution in [-0.2, 0) is 4.79 Å². The molecule has 7 heteroatoms. The van der Waals surface area contributed by atoms with E-state index in [9.17, 15) is 14.4 Å². The summed E-state index contributed by atoms with van der Waals surface area (Å²) in [4.78, 5) is 44.2. The molecule has 1 aliphatic heterocycles.